The fourth-order valence-electron chi connectivity index (χ4n) is 2.26. The lowest BCUT2D eigenvalue weighted by atomic mass is 10.1. The van der Waals surface area contributed by atoms with Crippen LogP contribution in [0.15, 0.2) is 0 Å². The second-order valence-electron chi connectivity index (χ2n) is 4.12. The van der Waals surface area contributed by atoms with Crippen molar-refractivity contribution in [3.63, 3.8) is 0 Å². The van der Waals surface area contributed by atoms with Gasteiger partial charge in [-0.05, 0) is 25.2 Å². The lowest BCUT2D eigenvalue weighted by molar-refractivity contribution is 0.0286. The van der Waals surface area contributed by atoms with Gasteiger partial charge in [0.15, 0.2) is 0 Å². The van der Waals surface area contributed by atoms with Crippen LogP contribution >= 0.6 is 0 Å². The van der Waals surface area contributed by atoms with E-state index < -0.39 is 6.17 Å². The SMILES string of the molecule is CC1CCC(N2CC(F)C2)C1. The van der Waals surface area contributed by atoms with Crippen LogP contribution in [0, 0.1) is 5.92 Å². The molecule has 1 aliphatic carbocycles. The van der Waals surface area contributed by atoms with E-state index in [0.717, 1.165) is 12.0 Å². The van der Waals surface area contributed by atoms with E-state index in [9.17, 15) is 4.39 Å². The number of likely N-dealkylation sites (tertiary alicyclic amines) is 1. The Kier molecular flexibility index (Phi) is 1.88. The van der Waals surface area contributed by atoms with Crippen molar-refractivity contribution in [2.24, 2.45) is 5.92 Å². The summed E-state index contributed by atoms with van der Waals surface area (Å²) in [4.78, 5) is 2.30. The molecule has 2 fully saturated rings. The van der Waals surface area contributed by atoms with Gasteiger partial charge in [0.05, 0.1) is 0 Å². The zero-order chi connectivity index (χ0) is 7.84. The van der Waals surface area contributed by atoms with Crippen LogP contribution in [-0.2, 0) is 0 Å². The van der Waals surface area contributed by atoms with Gasteiger partial charge >= 0.3 is 0 Å². The second-order valence-corrected chi connectivity index (χ2v) is 4.12. The van der Waals surface area contributed by atoms with Crippen molar-refractivity contribution in [2.75, 3.05) is 13.1 Å². The smallest absolute Gasteiger partial charge is 0.125 e. The van der Waals surface area contributed by atoms with Crippen LogP contribution in [0.5, 0.6) is 0 Å². The third-order valence-corrected chi connectivity index (χ3v) is 3.05. The molecule has 0 radical (unpaired) electrons. The molecule has 1 nitrogen and oxygen atoms in total. The Labute approximate surface area is 67.6 Å². The first kappa shape index (κ1) is 7.53. The van der Waals surface area contributed by atoms with Gasteiger partial charge in [0.1, 0.15) is 6.17 Å². The summed E-state index contributed by atoms with van der Waals surface area (Å²) in [7, 11) is 0. The highest BCUT2D eigenvalue weighted by Crippen LogP contribution is 2.31. The predicted octanol–water partition coefficient (Wildman–Crippen LogP) is 1.83. The molecule has 2 rings (SSSR count). The van der Waals surface area contributed by atoms with E-state index in [-0.39, 0.29) is 0 Å². The van der Waals surface area contributed by atoms with Gasteiger partial charge in [-0.15, -0.1) is 0 Å². The largest absolute Gasteiger partial charge is 0.295 e. The topological polar surface area (TPSA) is 3.24 Å². The molecule has 2 unspecified atom stereocenters. The molecule has 1 saturated carbocycles. The van der Waals surface area contributed by atoms with Gasteiger partial charge in [-0.3, -0.25) is 4.90 Å². The van der Waals surface area contributed by atoms with Gasteiger partial charge in [0.2, 0.25) is 0 Å². The molecule has 2 atom stereocenters. The number of halogens is 1. The molecule has 0 aromatic rings. The lowest BCUT2D eigenvalue weighted by Crippen LogP contribution is -2.52. The first-order chi connectivity index (χ1) is 5.25. The standard InChI is InChI=1S/C9H16FN/c1-7-2-3-9(4-7)11-5-8(10)6-11/h7-9H,2-6H2,1H3. The summed E-state index contributed by atoms with van der Waals surface area (Å²) in [5.74, 6) is 0.874. The Morgan fingerprint density at radius 2 is 2.00 bits per heavy atom. The van der Waals surface area contributed by atoms with E-state index in [4.69, 9.17) is 0 Å². The van der Waals surface area contributed by atoms with E-state index in [2.05, 4.69) is 11.8 Å². The number of alkyl halides is 1. The number of rotatable bonds is 1. The van der Waals surface area contributed by atoms with E-state index in [1.807, 2.05) is 0 Å². The van der Waals surface area contributed by atoms with Crippen LogP contribution in [-0.4, -0.2) is 30.2 Å². The van der Waals surface area contributed by atoms with Gasteiger partial charge in [0.25, 0.3) is 0 Å². The molecular formula is C9H16FN. The first-order valence-electron chi connectivity index (χ1n) is 4.64. The van der Waals surface area contributed by atoms with Crippen LogP contribution in [0.25, 0.3) is 0 Å². The van der Waals surface area contributed by atoms with Crippen molar-refractivity contribution in [2.45, 2.75) is 38.4 Å². The van der Waals surface area contributed by atoms with Crippen LogP contribution in [0.3, 0.4) is 0 Å². The van der Waals surface area contributed by atoms with Crippen molar-refractivity contribution in [1.29, 1.82) is 0 Å². The van der Waals surface area contributed by atoms with Gasteiger partial charge in [-0.2, -0.15) is 0 Å². The normalized spacial score (nSPS) is 40.9. The average molecular weight is 157 g/mol. The highest BCUT2D eigenvalue weighted by atomic mass is 19.1. The quantitative estimate of drug-likeness (QED) is 0.561. The van der Waals surface area contributed by atoms with Crippen molar-refractivity contribution >= 4 is 0 Å². The molecule has 0 spiro atoms. The minimum Gasteiger partial charge on any atom is -0.295 e. The van der Waals surface area contributed by atoms with E-state index in [0.29, 0.717) is 13.1 Å². The molecule has 1 saturated heterocycles. The van der Waals surface area contributed by atoms with Gasteiger partial charge < -0.3 is 0 Å². The number of nitrogens with zero attached hydrogens (tertiary/aromatic N) is 1. The van der Waals surface area contributed by atoms with Crippen molar-refractivity contribution < 1.29 is 4.39 Å². The highest BCUT2D eigenvalue weighted by Gasteiger charge is 2.35. The van der Waals surface area contributed by atoms with E-state index >= 15 is 0 Å². The molecule has 2 aliphatic rings. The first-order valence-corrected chi connectivity index (χ1v) is 4.64. The maximum absolute atomic E-state index is 12.5. The Morgan fingerprint density at radius 3 is 2.45 bits per heavy atom. The summed E-state index contributed by atoms with van der Waals surface area (Å²) in [5, 5.41) is 0. The molecule has 1 aliphatic heterocycles. The molecule has 0 N–H and O–H groups in total. The zero-order valence-electron chi connectivity index (χ0n) is 7.09. The molecule has 0 amide bonds. The Morgan fingerprint density at radius 1 is 1.27 bits per heavy atom. The Bertz CT molecular complexity index is 142. The van der Waals surface area contributed by atoms with Gasteiger partial charge in [0, 0.05) is 19.1 Å². The fourth-order valence-corrected chi connectivity index (χ4v) is 2.26. The molecule has 0 aromatic carbocycles. The van der Waals surface area contributed by atoms with Crippen LogP contribution in [0.2, 0.25) is 0 Å². The Balaban J connectivity index is 1.79. The molecule has 11 heavy (non-hydrogen) atoms. The summed E-state index contributed by atoms with van der Waals surface area (Å²) in [6, 6.07) is 0.719. The minimum atomic E-state index is -0.522. The number of hydrogen-bond acceptors (Lipinski definition) is 1. The maximum Gasteiger partial charge on any atom is 0.125 e. The third kappa shape index (κ3) is 1.41. The molecule has 64 valence electrons. The van der Waals surface area contributed by atoms with Crippen LogP contribution in [0.4, 0.5) is 4.39 Å². The maximum atomic E-state index is 12.5. The average Bonchev–Trinajstić information content (AvgIpc) is 2.29. The van der Waals surface area contributed by atoms with E-state index in [1.54, 1.807) is 0 Å². The predicted molar refractivity (Wildman–Crippen MR) is 43.3 cm³/mol. The fraction of sp³-hybridized carbons (Fsp3) is 1.00. The summed E-state index contributed by atoms with van der Waals surface area (Å²) in [6.45, 7) is 3.71. The summed E-state index contributed by atoms with van der Waals surface area (Å²) in [6.07, 6.45) is 3.42. The van der Waals surface area contributed by atoms with Crippen molar-refractivity contribution in [3.05, 3.63) is 0 Å². The molecule has 1 heterocycles. The summed E-state index contributed by atoms with van der Waals surface area (Å²) in [5.41, 5.74) is 0. The van der Waals surface area contributed by atoms with Gasteiger partial charge in [-0.25, -0.2) is 4.39 Å². The van der Waals surface area contributed by atoms with E-state index in [1.165, 1.54) is 19.3 Å². The van der Waals surface area contributed by atoms with Crippen molar-refractivity contribution in [1.82, 2.24) is 4.90 Å². The Hall–Kier alpha value is -0.110. The van der Waals surface area contributed by atoms with Crippen molar-refractivity contribution in [3.8, 4) is 0 Å². The number of hydrogen-bond donors (Lipinski definition) is 0. The molecule has 2 heteroatoms. The molecule has 0 aromatic heterocycles. The zero-order valence-corrected chi connectivity index (χ0v) is 7.09. The van der Waals surface area contributed by atoms with Crippen LogP contribution < -0.4 is 0 Å². The molecule has 0 bridgehead atoms. The third-order valence-electron chi connectivity index (χ3n) is 3.05. The summed E-state index contributed by atoms with van der Waals surface area (Å²) >= 11 is 0. The lowest BCUT2D eigenvalue weighted by Gasteiger charge is -2.39. The monoisotopic (exact) mass is 157 g/mol. The minimum absolute atomic E-state index is 0.522. The molecular weight excluding hydrogens is 141 g/mol. The summed E-state index contributed by atoms with van der Waals surface area (Å²) < 4.78 is 12.5. The highest BCUT2D eigenvalue weighted by molar-refractivity contribution is 4.89. The van der Waals surface area contributed by atoms with Crippen LogP contribution in [0.1, 0.15) is 26.2 Å². The van der Waals surface area contributed by atoms with Gasteiger partial charge in [-0.1, -0.05) is 6.92 Å². The second kappa shape index (κ2) is 2.74.